The van der Waals surface area contributed by atoms with Gasteiger partial charge in [0.15, 0.2) is 17.2 Å². The van der Waals surface area contributed by atoms with Gasteiger partial charge in [0.25, 0.3) is 0 Å². The molecule has 44 heavy (non-hydrogen) atoms. The van der Waals surface area contributed by atoms with Gasteiger partial charge in [-0.05, 0) is 50.6 Å². The molecule has 0 heterocycles. The van der Waals surface area contributed by atoms with Gasteiger partial charge in [-0.3, -0.25) is 14.4 Å². The molecule has 0 aliphatic heterocycles. The van der Waals surface area contributed by atoms with Crippen LogP contribution in [0.25, 0.3) is 0 Å². The van der Waals surface area contributed by atoms with E-state index in [1.165, 1.54) is 0 Å². The molecule has 3 aliphatic carbocycles. The van der Waals surface area contributed by atoms with E-state index < -0.39 is 58.7 Å². The van der Waals surface area contributed by atoms with Gasteiger partial charge in [-0.25, -0.2) is 0 Å². The molecule has 12 heteroatoms. The quantitative estimate of drug-likeness (QED) is 0.231. The molecule has 3 aliphatic rings. The highest BCUT2D eigenvalue weighted by Gasteiger charge is 2.66. The van der Waals surface area contributed by atoms with Gasteiger partial charge < -0.3 is 46.0 Å². The maximum Gasteiger partial charge on any atom is 0.230 e. The fourth-order valence-electron chi connectivity index (χ4n) is 7.42. The molecule has 2 aromatic carbocycles. The number of nitrogens with zero attached hydrogens (tertiary/aromatic N) is 2. The fraction of sp³-hybridized carbons (Fsp3) is 0.469. The average molecular weight is 609 g/mol. The van der Waals surface area contributed by atoms with Gasteiger partial charge in [0.2, 0.25) is 5.91 Å². The highest BCUT2D eigenvalue weighted by atomic mass is 16.5. The lowest BCUT2D eigenvalue weighted by Crippen LogP contribution is -2.71. The predicted molar refractivity (Wildman–Crippen MR) is 161 cm³/mol. The smallest absolute Gasteiger partial charge is 0.230 e. The number of Topliss-reactive ketones (excluding diaryl/α,β-unsaturated/α-hetero) is 2. The number of amides is 1. The number of phenols is 1. The number of fused-ring (bicyclic) bond motifs is 3. The molecule has 2 aromatic rings. The summed E-state index contributed by atoms with van der Waals surface area (Å²) in [5, 5.41) is 49.3. The van der Waals surface area contributed by atoms with Crippen LogP contribution in [0.1, 0.15) is 33.5 Å². The minimum Gasteiger partial charge on any atom is -0.508 e. The molecule has 0 saturated heterocycles. The number of ketones is 2. The Bertz CT molecular complexity index is 1550. The first-order valence-electron chi connectivity index (χ1n) is 14.5. The van der Waals surface area contributed by atoms with Crippen molar-refractivity contribution in [1.29, 1.82) is 0 Å². The summed E-state index contributed by atoms with van der Waals surface area (Å²) in [7, 11) is 8.50. The summed E-state index contributed by atoms with van der Waals surface area (Å²) in [4.78, 5) is 43.5. The zero-order valence-corrected chi connectivity index (χ0v) is 25.5. The Morgan fingerprint density at radius 1 is 1.11 bits per heavy atom. The van der Waals surface area contributed by atoms with Crippen molar-refractivity contribution in [2.75, 3.05) is 40.2 Å². The third-order valence-electron chi connectivity index (χ3n) is 9.45. The van der Waals surface area contributed by atoms with E-state index in [2.05, 4.69) is 5.32 Å². The van der Waals surface area contributed by atoms with E-state index in [1.807, 2.05) is 49.3 Å². The minimum atomic E-state index is -2.62. The first-order chi connectivity index (χ1) is 20.7. The van der Waals surface area contributed by atoms with Gasteiger partial charge in [0.05, 0.1) is 18.8 Å². The van der Waals surface area contributed by atoms with Crippen molar-refractivity contribution in [1.82, 2.24) is 10.2 Å². The van der Waals surface area contributed by atoms with Crippen LogP contribution in [0.2, 0.25) is 0 Å². The van der Waals surface area contributed by atoms with E-state index in [-0.39, 0.29) is 36.3 Å². The van der Waals surface area contributed by atoms with Gasteiger partial charge in [-0.2, -0.15) is 0 Å². The molecule has 0 spiro atoms. The molecule has 236 valence electrons. The number of ether oxygens (including phenoxy) is 1. The molecule has 1 fully saturated rings. The van der Waals surface area contributed by atoms with Crippen molar-refractivity contribution >= 4 is 23.2 Å². The number of methoxy groups -OCH3 is 1. The first-order valence-corrected chi connectivity index (χ1v) is 14.5. The average Bonchev–Trinajstić information content (AvgIpc) is 2.95. The molecule has 1 saturated carbocycles. The predicted octanol–water partition coefficient (Wildman–Crippen LogP) is 0.650. The SMILES string of the molecule is COc1ccccc1CNCc1cc(N(C)C)c2c(c1O)C(=O)C1=C(O)[C@]3(O)C(=O)C(C(N)=O)C(O)C(N(C)C)[C@@H]3C[C@@H]1C2. The van der Waals surface area contributed by atoms with Crippen LogP contribution in [0.4, 0.5) is 5.69 Å². The Morgan fingerprint density at radius 2 is 1.77 bits per heavy atom. The van der Waals surface area contributed by atoms with Crippen LogP contribution in [0.3, 0.4) is 0 Å². The van der Waals surface area contributed by atoms with Crippen LogP contribution in [0, 0.1) is 17.8 Å². The number of allylic oxidation sites excluding steroid dienone is 1. The van der Waals surface area contributed by atoms with Crippen molar-refractivity contribution in [3.8, 4) is 11.5 Å². The van der Waals surface area contributed by atoms with Gasteiger partial charge >= 0.3 is 0 Å². The molecular formula is C32H40N4O8. The zero-order chi connectivity index (χ0) is 32.2. The molecule has 0 bridgehead atoms. The second kappa shape index (κ2) is 11.5. The molecule has 0 aromatic heterocycles. The van der Waals surface area contributed by atoms with Crippen molar-refractivity contribution in [3.05, 3.63) is 63.9 Å². The number of rotatable bonds is 8. The second-order valence-corrected chi connectivity index (χ2v) is 12.4. The van der Waals surface area contributed by atoms with Crippen LogP contribution in [0.5, 0.6) is 11.5 Å². The lowest BCUT2D eigenvalue weighted by Gasteiger charge is -2.53. The minimum absolute atomic E-state index is 0.0101. The van der Waals surface area contributed by atoms with Crippen LogP contribution in [0.15, 0.2) is 41.7 Å². The number of para-hydroxylation sites is 1. The highest BCUT2D eigenvalue weighted by molar-refractivity contribution is 6.16. The number of phenolic OH excluding ortho intramolecular Hbond substituents is 1. The highest BCUT2D eigenvalue weighted by Crippen LogP contribution is 2.53. The number of likely N-dealkylation sites (N-methyl/N-ethyl adjacent to an activating group) is 1. The largest absolute Gasteiger partial charge is 0.508 e. The molecule has 12 nitrogen and oxygen atoms in total. The molecule has 5 rings (SSSR count). The number of hydrogen-bond donors (Lipinski definition) is 6. The fourth-order valence-corrected chi connectivity index (χ4v) is 7.42. The second-order valence-electron chi connectivity index (χ2n) is 12.4. The van der Waals surface area contributed by atoms with Crippen molar-refractivity contribution < 1.29 is 39.5 Å². The van der Waals surface area contributed by atoms with Crippen LogP contribution >= 0.6 is 0 Å². The number of hydrogen-bond acceptors (Lipinski definition) is 11. The van der Waals surface area contributed by atoms with Gasteiger partial charge in [-0.15, -0.1) is 0 Å². The third kappa shape index (κ3) is 4.73. The van der Waals surface area contributed by atoms with Crippen molar-refractivity contribution in [3.63, 3.8) is 0 Å². The molecule has 7 N–H and O–H groups in total. The first kappa shape index (κ1) is 31.5. The summed E-state index contributed by atoms with van der Waals surface area (Å²) in [6.45, 7) is 0.628. The van der Waals surface area contributed by atoms with E-state index in [0.29, 0.717) is 29.1 Å². The Balaban J connectivity index is 1.58. The number of carbonyl (C=O) groups is 3. The molecular weight excluding hydrogens is 568 g/mol. The van der Waals surface area contributed by atoms with E-state index in [1.54, 1.807) is 26.1 Å². The van der Waals surface area contributed by atoms with Crippen molar-refractivity contribution in [2.45, 2.75) is 43.7 Å². The maximum absolute atomic E-state index is 14.2. The van der Waals surface area contributed by atoms with E-state index in [0.717, 1.165) is 5.56 Å². The Labute approximate surface area is 255 Å². The Hall–Kier alpha value is -3.97. The molecule has 6 atom stereocenters. The summed E-state index contributed by atoms with van der Waals surface area (Å²) in [6.07, 6.45) is -1.23. The summed E-state index contributed by atoms with van der Waals surface area (Å²) in [6, 6.07) is 8.42. The number of nitrogens with two attached hydrogens (primary N) is 1. The van der Waals surface area contributed by atoms with Gasteiger partial charge in [0.1, 0.15) is 23.2 Å². The Morgan fingerprint density at radius 3 is 2.39 bits per heavy atom. The number of aliphatic hydroxyl groups is 3. The monoisotopic (exact) mass is 608 g/mol. The summed E-state index contributed by atoms with van der Waals surface area (Å²) >= 11 is 0. The van der Waals surface area contributed by atoms with Gasteiger partial charge in [-0.1, -0.05) is 18.2 Å². The summed E-state index contributed by atoms with van der Waals surface area (Å²) in [5.41, 5.74) is 5.29. The number of aliphatic hydroxyl groups excluding tert-OH is 2. The van der Waals surface area contributed by atoms with Crippen LogP contribution in [-0.2, 0) is 29.1 Å². The van der Waals surface area contributed by atoms with E-state index in [9.17, 15) is 34.8 Å². The lowest BCUT2D eigenvalue weighted by molar-refractivity contribution is -0.178. The van der Waals surface area contributed by atoms with Crippen LogP contribution in [-0.4, -0.2) is 95.8 Å². The van der Waals surface area contributed by atoms with Crippen LogP contribution < -0.4 is 20.7 Å². The molecule has 0 radical (unpaired) electrons. The maximum atomic E-state index is 14.2. The standard InChI is InChI=1S/C32H40N4O8/c1-35(2)20-12-17(14-34-13-15-8-6-7-9-21(15)44-5)26(37)23-18(20)10-16-11-19-25(36(3)4)28(39)24(31(33)42)30(41)32(19,43)29(40)22(16)27(23)38/h6-9,12,16,19,24-25,28,34,37,39-40,43H,10-11,13-14H2,1-5H3,(H2,33,42)/t16-,19-,24?,25?,28?,32-/m0/s1. The van der Waals surface area contributed by atoms with E-state index in [4.69, 9.17) is 10.5 Å². The van der Waals surface area contributed by atoms with E-state index >= 15 is 0 Å². The number of aromatic hydroxyl groups is 1. The number of primary amides is 1. The topological polar surface area (TPSA) is 186 Å². The number of nitrogens with one attached hydrogen (secondary N) is 1. The normalized spacial score (nSPS) is 28.0. The lowest BCUT2D eigenvalue weighted by atomic mass is 9.56. The summed E-state index contributed by atoms with van der Waals surface area (Å²) in [5.74, 6) is -6.84. The third-order valence-corrected chi connectivity index (χ3v) is 9.45. The van der Waals surface area contributed by atoms with Crippen molar-refractivity contribution in [2.24, 2.45) is 23.5 Å². The zero-order valence-electron chi connectivity index (χ0n) is 25.5. The molecule has 3 unspecified atom stereocenters. The number of benzene rings is 2. The van der Waals surface area contributed by atoms with Gasteiger partial charge in [0, 0.05) is 61.5 Å². The number of anilines is 1. The molecule has 1 amide bonds. The summed E-state index contributed by atoms with van der Waals surface area (Å²) < 4.78 is 5.41. The number of carbonyl (C=O) groups excluding carboxylic acids is 3. The Kier molecular flexibility index (Phi) is 8.23.